The topological polar surface area (TPSA) is 74.8 Å². The molecule has 0 saturated carbocycles. The number of rotatable bonds is 6. The number of benzene rings is 1. The van der Waals surface area contributed by atoms with Crippen LogP contribution in [-0.4, -0.2) is 21.1 Å². The highest BCUT2D eigenvalue weighted by molar-refractivity contribution is 8.00. The van der Waals surface area contributed by atoms with Crippen LogP contribution in [0.1, 0.15) is 26.0 Å². The smallest absolute Gasteiger partial charge is 0.251 e. The molecule has 1 aromatic heterocycles. The minimum absolute atomic E-state index is 0.235. The van der Waals surface area contributed by atoms with E-state index >= 15 is 0 Å². The van der Waals surface area contributed by atoms with Gasteiger partial charge in [0.1, 0.15) is 0 Å². The first-order chi connectivity index (χ1) is 11.8. The number of H-pyrrole nitrogens is 1. The molecule has 0 bridgehead atoms. The summed E-state index contributed by atoms with van der Waals surface area (Å²) >= 11 is 19.0. The maximum Gasteiger partial charge on any atom is 0.251 e. The Kier molecular flexibility index (Phi) is 7.19. The highest BCUT2D eigenvalue weighted by atomic mass is 35.5. The summed E-state index contributed by atoms with van der Waals surface area (Å²) < 4.78 is 0. The number of thioether (sulfide) groups is 1. The van der Waals surface area contributed by atoms with E-state index in [4.69, 9.17) is 34.8 Å². The molecular weight excluding hydrogens is 405 g/mol. The molecular formula is C16H16Cl3N3O2S. The molecule has 0 fully saturated rings. The molecule has 5 nitrogen and oxygen atoms in total. The molecule has 0 aliphatic carbocycles. The monoisotopic (exact) mass is 419 g/mol. The summed E-state index contributed by atoms with van der Waals surface area (Å²) in [5.74, 6) is -0.297. The van der Waals surface area contributed by atoms with Gasteiger partial charge < -0.3 is 10.3 Å². The normalized spacial score (nSPS) is 12.0. The highest BCUT2D eigenvalue weighted by Gasteiger charge is 2.18. The van der Waals surface area contributed by atoms with E-state index < -0.39 is 5.25 Å². The van der Waals surface area contributed by atoms with Crippen molar-refractivity contribution in [1.82, 2.24) is 9.97 Å². The summed E-state index contributed by atoms with van der Waals surface area (Å²) in [6.07, 6.45) is 1.59. The number of aryl methyl sites for hydroxylation is 1. The Bertz CT molecular complexity index is 842. The van der Waals surface area contributed by atoms with E-state index in [1.807, 2.05) is 6.92 Å². The zero-order valence-corrected chi connectivity index (χ0v) is 16.6. The van der Waals surface area contributed by atoms with Crippen LogP contribution in [0.5, 0.6) is 0 Å². The Labute approximate surface area is 164 Å². The zero-order chi connectivity index (χ0) is 18.6. The average molecular weight is 421 g/mol. The summed E-state index contributed by atoms with van der Waals surface area (Å²) in [6.45, 7) is 3.71. The number of carbonyl (C=O) groups excluding carboxylic acids is 1. The van der Waals surface area contributed by atoms with Gasteiger partial charge in [0.05, 0.1) is 26.0 Å². The molecule has 9 heteroatoms. The molecule has 0 saturated heterocycles. The Morgan fingerprint density at radius 1 is 1.24 bits per heavy atom. The molecule has 0 aliphatic rings. The van der Waals surface area contributed by atoms with Gasteiger partial charge in [0.15, 0.2) is 5.16 Å². The van der Waals surface area contributed by atoms with Crippen LogP contribution in [0.15, 0.2) is 28.2 Å². The number of nitrogens with one attached hydrogen (secondary N) is 2. The third-order valence-electron chi connectivity index (χ3n) is 3.20. The van der Waals surface area contributed by atoms with Gasteiger partial charge in [0.25, 0.3) is 5.56 Å². The molecule has 1 unspecified atom stereocenters. The number of anilines is 1. The number of aromatic amines is 1. The van der Waals surface area contributed by atoms with Crippen molar-refractivity contribution in [3.05, 3.63) is 49.3 Å². The number of nitrogens with zero attached hydrogens (tertiary/aromatic N) is 1. The summed E-state index contributed by atoms with van der Waals surface area (Å²) in [6, 6.07) is 4.42. The van der Waals surface area contributed by atoms with Crippen LogP contribution in [0.3, 0.4) is 0 Å². The van der Waals surface area contributed by atoms with Gasteiger partial charge in [-0.3, -0.25) is 9.59 Å². The largest absolute Gasteiger partial charge is 0.324 e. The van der Waals surface area contributed by atoms with E-state index in [0.717, 1.165) is 18.2 Å². The van der Waals surface area contributed by atoms with Crippen molar-refractivity contribution in [2.24, 2.45) is 0 Å². The van der Waals surface area contributed by atoms with E-state index in [0.29, 0.717) is 33.0 Å². The van der Waals surface area contributed by atoms with Gasteiger partial charge in [0, 0.05) is 11.8 Å². The lowest BCUT2D eigenvalue weighted by molar-refractivity contribution is -0.115. The maximum absolute atomic E-state index is 12.4. The van der Waals surface area contributed by atoms with Gasteiger partial charge >= 0.3 is 0 Å². The third-order valence-corrected chi connectivity index (χ3v) is 5.22. The molecule has 2 aromatic rings. The van der Waals surface area contributed by atoms with Crippen molar-refractivity contribution in [3.8, 4) is 0 Å². The molecule has 0 aliphatic heterocycles. The van der Waals surface area contributed by atoms with Gasteiger partial charge in [-0.2, -0.15) is 0 Å². The van der Waals surface area contributed by atoms with Crippen LogP contribution in [0.25, 0.3) is 0 Å². The molecule has 25 heavy (non-hydrogen) atoms. The van der Waals surface area contributed by atoms with Crippen LogP contribution >= 0.6 is 46.6 Å². The second-order valence-corrected chi connectivity index (χ2v) is 7.84. The number of hydrogen-bond acceptors (Lipinski definition) is 4. The summed E-state index contributed by atoms with van der Waals surface area (Å²) in [4.78, 5) is 31.1. The predicted octanol–water partition coefficient (Wildman–Crippen LogP) is 4.80. The number of aromatic nitrogens is 2. The fourth-order valence-corrected chi connectivity index (χ4v) is 3.42. The number of hydrogen-bond donors (Lipinski definition) is 2. The first-order valence-corrected chi connectivity index (χ1v) is 9.53. The maximum atomic E-state index is 12.4. The second kappa shape index (κ2) is 8.94. The predicted molar refractivity (Wildman–Crippen MR) is 104 cm³/mol. The zero-order valence-electron chi connectivity index (χ0n) is 13.5. The van der Waals surface area contributed by atoms with Crippen molar-refractivity contribution in [2.45, 2.75) is 37.1 Å². The average Bonchev–Trinajstić information content (AvgIpc) is 2.52. The highest BCUT2D eigenvalue weighted by Crippen LogP contribution is 2.32. The molecule has 134 valence electrons. The Hall–Kier alpha value is -1.21. The first kappa shape index (κ1) is 20.1. The molecule has 1 heterocycles. The molecule has 1 atom stereocenters. The van der Waals surface area contributed by atoms with Gasteiger partial charge in [-0.05, 0) is 25.5 Å². The van der Waals surface area contributed by atoms with Crippen LogP contribution in [-0.2, 0) is 11.2 Å². The Morgan fingerprint density at radius 2 is 1.92 bits per heavy atom. The first-order valence-electron chi connectivity index (χ1n) is 7.52. The van der Waals surface area contributed by atoms with E-state index in [1.54, 1.807) is 6.92 Å². The number of halogens is 3. The minimum Gasteiger partial charge on any atom is -0.324 e. The number of amides is 1. The van der Waals surface area contributed by atoms with Gasteiger partial charge in [0.2, 0.25) is 5.91 Å². The second-order valence-electron chi connectivity index (χ2n) is 5.29. The fourth-order valence-electron chi connectivity index (χ4n) is 2.00. The van der Waals surface area contributed by atoms with Crippen molar-refractivity contribution in [2.75, 3.05) is 5.32 Å². The minimum atomic E-state index is -0.509. The van der Waals surface area contributed by atoms with Crippen LogP contribution < -0.4 is 10.9 Å². The van der Waals surface area contributed by atoms with Crippen LogP contribution in [0.4, 0.5) is 5.69 Å². The fraction of sp³-hybridized carbons (Fsp3) is 0.312. The lowest BCUT2D eigenvalue weighted by Crippen LogP contribution is -2.23. The number of carbonyl (C=O) groups is 1. The van der Waals surface area contributed by atoms with Crippen LogP contribution in [0, 0.1) is 0 Å². The molecule has 2 N–H and O–H groups in total. The molecule has 2 rings (SSSR count). The van der Waals surface area contributed by atoms with E-state index in [9.17, 15) is 9.59 Å². The molecule has 0 spiro atoms. The summed E-state index contributed by atoms with van der Waals surface area (Å²) in [5, 5.41) is 3.48. The van der Waals surface area contributed by atoms with E-state index in [-0.39, 0.29) is 16.5 Å². The Balaban J connectivity index is 2.11. The molecule has 1 amide bonds. The van der Waals surface area contributed by atoms with Gasteiger partial charge in [-0.1, -0.05) is 59.9 Å². The van der Waals surface area contributed by atoms with Crippen molar-refractivity contribution in [3.63, 3.8) is 0 Å². The molecule has 0 radical (unpaired) electrons. The standard InChI is InChI=1S/C16H16Cl3N3O2S/c1-3-4-9-5-14(23)22-16(20-9)25-8(2)15(24)21-13-7-11(18)10(17)6-12(13)19/h5-8H,3-4H2,1-2H3,(H,21,24)(H,20,22,23). The van der Waals surface area contributed by atoms with Gasteiger partial charge in [-0.25, -0.2) is 4.98 Å². The quantitative estimate of drug-likeness (QED) is 0.400. The van der Waals surface area contributed by atoms with Crippen LogP contribution in [0.2, 0.25) is 15.1 Å². The Morgan fingerprint density at radius 3 is 2.60 bits per heavy atom. The summed E-state index contributed by atoms with van der Waals surface area (Å²) in [7, 11) is 0. The SMILES string of the molecule is CCCc1cc(=O)[nH]c(SC(C)C(=O)Nc2cc(Cl)c(Cl)cc2Cl)n1. The third kappa shape index (κ3) is 5.64. The lowest BCUT2D eigenvalue weighted by atomic mass is 10.2. The molecule has 1 aromatic carbocycles. The van der Waals surface area contributed by atoms with Crippen molar-refractivity contribution < 1.29 is 4.79 Å². The van der Waals surface area contributed by atoms with E-state index in [1.165, 1.54) is 18.2 Å². The summed E-state index contributed by atoms with van der Waals surface area (Å²) in [5.41, 5.74) is 0.838. The van der Waals surface area contributed by atoms with Gasteiger partial charge in [-0.15, -0.1) is 0 Å². The van der Waals surface area contributed by atoms with Crippen molar-refractivity contribution >= 4 is 58.2 Å². The van der Waals surface area contributed by atoms with Crippen molar-refractivity contribution in [1.29, 1.82) is 0 Å². The lowest BCUT2D eigenvalue weighted by Gasteiger charge is -2.13. The van der Waals surface area contributed by atoms with E-state index in [2.05, 4.69) is 15.3 Å².